The Morgan fingerprint density at radius 1 is 1.32 bits per heavy atom. The van der Waals surface area contributed by atoms with Crippen LogP contribution >= 0.6 is 9.24 Å². The van der Waals surface area contributed by atoms with Crippen LogP contribution in [0.5, 0.6) is 0 Å². The van der Waals surface area contributed by atoms with Crippen molar-refractivity contribution in [3.8, 4) is 0 Å². The van der Waals surface area contributed by atoms with Crippen molar-refractivity contribution in [2.45, 2.75) is 25.4 Å². The Bertz CT molecular complexity index is 243. The summed E-state index contributed by atoms with van der Waals surface area (Å²) < 4.78 is 5.74. The van der Waals surface area contributed by atoms with Crippen molar-refractivity contribution in [1.82, 2.24) is 9.80 Å². The summed E-state index contributed by atoms with van der Waals surface area (Å²) in [6.07, 6.45) is 4.52. The van der Waals surface area contributed by atoms with Crippen LogP contribution in [0.15, 0.2) is 0 Å². The Morgan fingerprint density at radius 3 is 2.26 bits per heavy atom. The van der Waals surface area contributed by atoms with Gasteiger partial charge in [0.2, 0.25) is 5.65 Å². The molecule has 0 aromatic heterocycles. The SMILES string of the molecule is NC(=O)P.[CH2-]N1CCN(CCOC2CCC2)CC1.[W]. The summed E-state index contributed by atoms with van der Waals surface area (Å²) in [6.45, 7) is 6.52. The zero-order chi connectivity index (χ0) is 13.4. The van der Waals surface area contributed by atoms with Gasteiger partial charge in [0, 0.05) is 40.7 Å². The predicted molar refractivity (Wildman–Crippen MR) is 76.3 cm³/mol. The van der Waals surface area contributed by atoms with E-state index >= 15 is 0 Å². The van der Waals surface area contributed by atoms with Gasteiger partial charge in [-0.25, -0.2) is 0 Å². The standard InChI is InChI=1S/C11H21N2O.CH4NOP.W/c1-12-5-7-13(8-6-12)9-10-14-11-3-2-4-11;2-1(3)4;/h11H,1-10H2;4H2,(H2,2,3);/q-1;;. The molecule has 2 rings (SSSR count). The number of hydrogen-bond acceptors (Lipinski definition) is 4. The van der Waals surface area contributed by atoms with Crippen molar-refractivity contribution in [2.24, 2.45) is 5.73 Å². The molecule has 19 heavy (non-hydrogen) atoms. The minimum atomic E-state index is -0.417. The van der Waals surface area contributed by atoms with E-state index in [1.54, 1.807) is 9.24 Å². The minimum absolute atomic E-state index is 0. The summed E-state index contributed by atoms with van der Waals surface area (Å²) in [5, 5.41) is 0. The molecule has 5 nitrogen and oxygen atoms in total. The number of piperazine rings is 1. The summed E-state index contributed by atoms with van der Waals surface area (Å²) in [7, 11) is 5.73. The first-order chi connectivity index (χ1) is 8.58. The third-order valence-corrected chi connectivity index (χ3v) is 3.28. The Kier molecular flexibility index (Phi) is 11.4. The molecular weight excluding hydrogens is 433 g/mol. The zero-order valence-corrected chi connectivity index (χ0v) is 15.5. The van der Waals surface area contributed by atoms with Gasteiger partial charge in [-0.05, 0) is 41.6 Å². The molecule has 0 bridgehead atoms. The van der Waals surface area contributed by atoms with Gasteiger partial charge in [-0.2, -0.15) is 0 Å². The number of carbonyl (C=O) groups is 1. The average Bonchev–Trinajstić information content (AvgIpc) is 2.23. The number of amides is 1. The van der Waals surface area contributed by atoms with Crippen LogP contribution in [0.25, 0.3) is 0 Å². The summed E-state index contributed by atoms with van der Waals surface area (Å²) in [4.78, 5) is 13.8. The van der Waals surface area contributed by atoms with Crippen molar-refractivity contribution < 1.29 is 30.6 Å². The number of nitrogens with two attached hydrogens (primary N) is 1. The maximum absolute atomic E-state index is 9.19. The molecule has 7 heteroatoms. The Balaban J connectivity index is 0.000000576. The van der Waals surface area contributed by atoms with E-state index in [2.05, 4.69) is 22.6 Å². The summed E-state index contributed by atoms with van der Waals surface area (Å²) in [5.41, 5.74) is 4.02. The van der Waals surface area contributed by atoms with Crippen molar-refractivity contribution >= 4 is 14.9 Å². The van der Waals surface area contributed by atoms with Crippen LogP contribution in [-0.4, -0.2) is 60.9 Å². The molecule has 1 unspecified atom stereocenters. The quantitative estimate of drug-likeness (QED) is 0.503. The number of primary amides is 1. The van der Waals surface area contributed by atoms with E-state index in [-0.39, 0.29) is 21.1 Å². The Morgan fingerprint density at radius 2 is 1.84 bits per heavy atom. The normalized spacial score (nSPS) is 20.7. The first-order valence-corrected chi connectivity index (χ1v) is 7.10. The molecule has 112 valence electrons. The minimum Gasteiger partial charge on any atom is -0.457 e. The Hall–Kier alpha value is 0.468. The van der Waals surface area contributed by atoms with Crippen LogP contribution in [0.4, 0.5) is 4.79 Å². The van der Waals surface area contributed by atoms with Crippen molar-refractivity contribution in [3.63, 3.8) is 0 Å². The van der Waals surface area contributed by atoms with E-state index in [1.165, 1.54) is 19.3 Å². The van der Waals surface area contributed by atoms with Gasteiger partial charge in [0.15, 0.2) is 0 Å². The molecule has 1 saturated heterocycles. The monoisotopic (exact) mass is 458 g/mol. The number of nitrogens with zero attached hydrogens (tertiary/aromatic N) is 2. The predicted octanol–water partition coefficient (Wildman–Crippen LogP) is 0.902. The van der Waals surface area contributed by atoms with Crippen LogP contribution < -0.4 is 5.73 Å². The third-order valence-electron chi connectivity index (χ3n) is 3.28. The summed E-state index contributed by atoms with van der Waals surface area (Å²) in [6, 6.07) is 0. The van der Waals surface area contributed by atoms with Crippen molar-refractivity contribution in [1.29, 1.82) is 0 Å². The van der Waals surface area contributed by atoms with E-state index in [9.17, 15) is 4.79 Å². The topological polar surface area (TPSA) is 58.8 Å². The zero-order valence-electron chi connectivity index (χ0n) is 11.4. The first kappa shape index (κ1) is 19.5. The van der Waals surface area contributed by atoms with Gasteiger partial charge in [0.1, 0.15) is 0 Å². The van der Waals surface area contributed by atoms with Crippen molar-refractivity contribution in [3.05, 3.63) is 7.05 Å². The first-order valence-electron chi connectivity index (χ1n) is 6.52. The van der Waals surface area contributed by atoms with E-state index < -0.39 is 5.65 Å². The molecule has 0 radical (unpaired) electrons. The Labute approximate surface area is 133 Å². The molecule has 1 aliphatic heterocycles. The van der Waals surface area contributed by atoms with Crippen LogP contribution in [0, 0.1) is 7.05 Å². The molecule has 1 amide bonds. The van der Waals surface area contributed by atoms with Crippen LogP contribution in [0.3, 0.4) is 0 Å². The van der Waals surface area contributed by atoms with Gasteiger partial charge in [-0.15, -0.1) is 0 Å². The van der Waals surface area contributed by atoms with Crippen LogP contribution in [0.2, 0.25) is 0 Å². The summed E-state index contributed by atoms with van der Waals surface area (Å²) >= 11 is 0. The maximum Gasteiger partial charge on any atom is 0.232 e. The molecular formula is C12H25N3O2PW-. The second-order valence-corrected chi connectivity index (χ2v) is 5.35. The van der Waals surface area contributed by atoms with E-state index in [0.717, 1.165) is 39.3 Å². The van der Waals surface area contributed by atoms with Gasteiger partial charge < -0.3 is 15.4 Å². The fraction of sp³-hybridized carbons (Fsp3) is 0.833. The fourth-order valence-corrected chi connectivity index (χ4v) is 1.90. The smallest absolute Gasteiger partial charge is 0.232 e. The van der Waals surface area contributed by atoms with Gasteiger partial charge in [0.25, 0.3) is 0 Å². The van der Waals surface area contributed by atoms with Gasteiger partial charge in [-0.1, -0.05) is 0 Å². The van der Waals surface area contributed by atoms with Crippen molar-refractivity contribution in [2.75, 3.05) is 39.3 Å². The number of carbonyl (C=O) groups excluding carboxylic acids is 1. The maximum atomic E-state index is 9.19. The van der Waals surface area contributed by atoms with Gasteiger partial charge in [-0.3, -0.25) is 16.7 Å². The molecule has 2 N–H and O–H groups in total. The second kappa shape index (κ2) is 11.2. The molecule has 1 aliphatic carbocycles. The molecule has 0 aromatic rings. The largest absolute Gasteiger partial charge is 0.457 e. The molecule has 1 saturated carbocycles. The van der Waals surface area contributed by atoms with E-state index in [0.29, 0.717) is 6.10 Å². The fourth-order valence-electron chi connectivity index (χ4n) is 1.90. The number of hydrogen-bond donors (Lipinski definition) is 1. The molecule has 1 atom stereocenters. The second-order valence-electron chi connectivity index (χ2n) is 4.79. The summed E-state index contributed by atoms with van der Waals surface area (Å²) in [5.74, 6) is 0. The molecule has 1 heterocycles. The van der Waals surface area contributed by atoms with Crippen LogP contribution in [-0.2, 0) is 25.8 Å². The third kappa shape index (κ3) is 9.92. The number of rotatable bonds is 4. The van der Waals surface area contributed by atoms with E-state index in [1.807, 2.05) is 0 Å². The van der Waals surface area contributed by atoms with Crippen LogP contribution in [0.1, 0.15) is 19.3 Å². The molecule has 0 spiro atoms. The molecule has 0 aromatic carbocycles. The average molecular weight is 458 g/mol. The molecule has 2 aliphatic rings. The van der Waals surface area contributed by atoms with Gasteiger partial charge >= 0.3 is 0 Å². The molecule has 2 fully saturated rings. The van der Waals surface area contributed by atoms with Gasteiger partial charge in [0.05, 0.1) is 12.7 Å². The van der Waals surface area contributed by atoms with E-state index in [4.69, 9.17) is 4.74 Å². The number of ether oxygens (including phenoxy) is 1.